The lowest BCUT2D eigenvalue weighted by molar-refractivity contribution is 0.102. The zero-order valence-electron chi connectivity index (χ0n) is 11.6. The highest BCUT2D eigenvalue weighted by molar-refractivity contribution is 9.10. The number of anilines is 1. The number of nitrogens with one attached hydrogen (secondary N) is 1. The van der Waals surface area contributed by atoms with Crippen molar-refractivity contribution in [3.63, 3.8) is 0 Å². The first-order valence-corrected chi connectivity index (χ1v) is 7.23. The molecule has 0 fully saturated rings. The first-order valence-electron chi connectivity index (χ1n) is 6.43. The van der Waals surface area contributed by atoms with E-state index in [1.54, 1.807) is 22.8 Å². The fraction of sp³-hybridized carbons (Fsp3) is 0.133. The molecule has 0 unspecified atom stereocenters. The van der Waals surface area contributed by atoms with Crippen molar-refractivity contribution in [3.05, 3.63) is 58.0 Å². The van der Waals surface area contributed by atoms with Gasteiger partial charge in [-0.25, -0.2) is 9.50 Å². The summed E-state index contributed by atoms with van der Waals surface area (Å²) in [7, 11) is 0. The maximum atomic E-state index is 12.3. The average Bonchev–Trinajstić information content (AvgIpc) is 2.80. The van der Waals surface area contributed by atoms with Gasteiger partial charge in [0.15, 0.2) is 5.65 Å². The summed E-state index contributed by atoms with van der Waals surface area (Å²) in [5.74, 6) is -0.242. The van der Waals surface area contributed by atoms with Gasteiger partial charge in [0.1, 0.15) is 5.69 Å². The smallest absolute Gasteiger partial charge is 0.276 e. The minimum absolute atomic E-state index is 0.242. The number of carbonyl (C=O) groups excluding carboxylic acids is 1. The standard InChI is InChI=1S/C15H13BrN4O/c1-9-7-11(16)3-4-12(9)18-15(21)13-5-6-14-17-10(2)8-20(14)19-13/h3-8H,1-2H3,(H,18,21). The second kappa shape index (κ2) is 5.29. The molecule has 1 amide bonds. The molecule has 1 N–H and O–H groups in total. The Balaban J connectivity index is 1.89. The van der Waals surface area contributed by atoms with Crippen molar-refractivity contribution in [2.75, 3.05) is 5.32 Å². The highest BCUT2D eigenvalue weighted by atomic mass is 79.9. The fourth-order valence-electron chi connectivity index (χ4n) is 2.08. The average molecular weight is 345 g/mol. The van der Waals surface area contributed by atoms with E-state index in [-0.39, 0.29) is 5.91 Å². The fourth-order valence-corrected chi connectivity index (χ4v) is 2.55. The van der Waals surface area contributed by atoms with Gasteiger partial charge >= 0.3 is 0 Å². The van der Waals surface area contributed by atoms with Gasteiger partial charge in [-0.2, -0.15) is 5.10 Å². The van der Waals surface area contributed by atoms with E-state index in [1.807, 2.05) is 32.0 Å². The molecule has 0 aliphatic carbocycles. The number of hydrogen-bond donors (Lipinski definition) is 1. The van der Waals surface area contributed by atoms with Crippen molar-refractivity contribution >= 4 is 33.2 Å². The van der Waals surface area contributed by atoms with E-state index >= 15 is 0 Å². The zero-order chi connectivity index (χ0) is 15.0. The van der Waals surface area contributed by atoms with Crippen LogP contribution in [0.5, 0.6) is 0 Å². The Morgan fingerprint density at radius 1 is 1.24 bits per heavy atom. The van der Waals surface area contributed by atoms with Crippen LogP contribution in [0.2, 0.25) is 0 Å². The maximum absolute atomic E-state index is 12.3. The van der Waals surface area contributed by atoms with Crippen LogP contribution in [0, 0.1) is 13.8 Å². The second-order valence-corrected chi connectivity index (χ2v) is 5.73. The number of halogens is 1. The third kappa shape index (κ3) is 2.80. The first-order chi connectivity index (χ1) is 10.0. The van der Waals surface area contributed by atoms with Crippen molar-refractivity contribution in [3.8, 4) is 0 Å². The molecule has 2 heterocycles. The van der Waals surface area contributed by atoms with E-state index in [1.165, 1.54) is 0 Å². The predicted molar refractivity (Wildman–Crippen MR) is 84.6 cm³/mol. The molecule has 0 atom stereocenters. The molecule has 5 nitrogen and oxygen atoms in total. The summed E-state index contributed by atoms with van der Waals surface area (Å²) in [4.78, 5) is 16.6. The molecule has 2 aromatic heterocycles. The molecule has 0 aliphatic heterocycles. The highest BCUT2D eigenvalue weighted by Crippen LogP contribution is 2.20. The number of imidazole rings is 1. The molecule has 0 bridgehead atoms. The third-order valence-corrected chi connectivity index (χ3v) is 3.60. The van der Waals surface area contributed by atoms with Gasteiger partial charge in [0.25, 0.3) is 5.91 Å². The summed E-state index contributed by atoms with van der Waals surface area (Å²) in [6.07, 6.45) is 1.79. The summed E-state index contributed by atoms with van der Waals surface area (Å²) >= 11 is 3.40. The lowest BCUT2D eigenvalue weighted by atomic mass is 10.2. The van der Waals surface area contributed by atoms with Gasteiger partial charge in [0.05, 0.1) is 11.9 Å². The summed E-state index contributed by atoms with van der Waals surface area (Å²) in [6, 6.07) is 9.15. The van der Waals surface area contributed by atoms with Crippen molar-refractivity contribution in [1.29, 1.82) is 0 Å². The number of benzene rings is 1. The Bertz CT molecular complexity index is 841. The van der Waals surface area contributed by atoms with Crippen molar-refractivity contribution < 1.29 is 4.79 Å². The zero-order valence-corrected chi connectivity index (χ0v) is 13.2. The number of fused-ring (bicyclic) bond motifs is 1. The quantitative estimate of drug-likeness (QED) is 0.775. The molecule has 3 rings (SSSR count). The van der Waals surface area contributed by atoms with Gasteiger partial charge < -0.3 is 5.32 Å². The monoisotopic (exact) mass is 344 g/mol. The minimum Gasteiger partial charge on any atom is -0.320 e. The van der Waals surface area contributed by atoms with Crippen LogP contribution >= 0.6 is 15.9 Å². The third-order valence-electron chi connectivity index (χ3n) is 3.11. The van der Waals surface area contributed by atoms with Gasteiger partial charge in [0, 0.05) is 10.2 Å². The lowest BCUT2D eigenvalue weighted by Gasteiger charge is -2.08. The normalized spacial score (nSPS) is 10.8. The summed E-state index contributed by atoms with van der Waals surface area (Å²) in [6.45, 7) is 3.83. The molecule has 0 aliphatic rings. The van der Waals surface area contributed by atoms with Crippen LogP contribution in [0.25, 0.3) is 5.65 Å². The molecular weight excluding hydrogens is 332 g/mol. The maximum Gasteiger partial charge on any atom is 0.276 e. The number of aromatic nitrogens is 3. The van der Waals surface area contributed by atoms with Crippen LogP contribution in [-0.2, 0) is 0 Å². The van der Waals surface area contributed by atoms with Crippen LogP contribution in [0.1, 0.15) is 21.7 Å². The van der Waals surface area contributed by atoms with Crippen molar-refractivity contribution in [2.45, 2.75) is 13.8 Å². The molecule has 0 saturated carbocycles. The molecule has 0 spiro atoms. The van der Waals surface area contributed by atoms with E-state index in [2.05, 4.69) is 31.3 Å². The number of rotatable bonds is 2. The summed E-state index contributed by atoms with van der Waals surface area (Å²) in [5.41, 5.74) is 3.69. The molecule has 0 saturated heterocycles. The molecule has 0 radical (unpaired) electrons. The number of hydrogen-bond acceptors (Lipinski definition) is 3. The van der Waals surface area contributed by atoms with Gasteiger partial charge in [-0.1, -0.05) is 15.9 Å². The largest absolute Gasteiger partial charge is 0.320 e. The van der Waals surface area contributed by atoms with Crippen LogP contribution in [0.4, 0.5) is 5.69 Å². The lowest BCUT2D eigenvalue weighted by Crippen LogP contribution is -2.15. The number of amides is 1. The van der Waals surface area contributed by atoms with Gasteiger partial charge in [-0.15, -0.1) is 0 Å². The Labute approximate surface area is 130 Å². The summed E-state index contributed by atoms with van der Waals surface area (Å²) < 4.78 is 2.59. The van der Waals surface area contributed by atoms with Crippen molar-refractivity contribution in [1.82, 2.24) is 14.6 Å². The molecule has 3 aromatic rings. The Hall–Kier alpha value is -2.21. The Kier molecular flexibility index (Phi) is 3.47. The van der Waals surface area contributed by atoms with E-state index in [4.69, 9.17) is 0 Å². The van der Waals surface area contributed by atoms with E-state index in [9.17, 15) is 4.79 Å². The van der Waals surface area contributed by atoms with Crippen LogP contribution < -0.4 is 5.32 Å². The second-order valence-electron chi connectivity index (χ2n) is 4.82. The van der Waals surface area contributed by atoms with Crippen LogP contribution in [0.15, 0.2) is 41.0 Å². The molecular formula is C15H13BrN4O. The van der Waals surface area contributed by atoms with Crippen LogP contribution in [-0.4, -0.2) is 20.5 Å². The van der Waals surface area contributed by atoms with Crippen molar-refractivity contribution in [2.24, 2.45) is 0 Å². The molecule has 106 valence electrons. The molecule has 21 heavy (non-hydrogen) atoms. The number of nitrogens with zero attached hydrogens (tertiary/aromatic N) is 3. The van der Waals surface area contributed by atoms with E-state index < -0.39 is 0 Å². The van der Waals surface area contributed by atoms with Crippen LogP contribution in [0.3, 0.4) is 0 Å². The SMILES string of the molecule is Cc1cn2nc(C(=O)Nc3ccc(Br)cc3C)ccc2n1. The molecule has 1 aromatic carbocycles. The minimum atomic E-state index is -0.242. The van der Waals surface area contributed by atoms with E-state index in [0.717, 1.165) is 27.1 Å². The highest BCUT2D eigenvalue weighted by Gasteiger charge is 2.11. The summed E-state index contributed by atoms with van der Waals surface area (Å²) in [5, 5.41) is 7.14. The first kappa shape index (κ1) is 13.8. The number of carbonyl (C=O) groups is 1. The predicted octanol–water partition coefficient (Wildman–Crippen LogP) is 3.36. The van der Waals surface area contributed by atoms with E-state index in [0.29, 0.717) is 5.69 Å². The van der Waals surface area contributed by atoms with Gasteiger partial charge in [-0.05, 0) is 49.7 Å². The topological polar surface area (TPSA) is 59.3 Å². The Morgan fingerprint density at radius 2 is 2.05 bits per heavy atom. The number of aryl methyl sites for hydroxylation is 2. The van der Waals surface area contributed by atoms with Gasteiger partial charge in [0.2, 0.25) is 0 Å². The molecule has 6 heteroatoms. The Morgan fingerprint density at radius 3 is 2.81 bits per heavy atom. The van der Waals surface area contributed by atoms with Gasteiger partial charge in [-0.3, -0.25) is 4.79 Å².